The van der Waals surface area contributed by atoms with Crippen LogP contribution in [0.2, 0.25) is 10.0 Å². The van der Waals surface area contributed by atoms with Crippen molar-refractivity contribution in [2.75, 3.05) is 5.32 Å². The average Bonchev–Trinajstić information content (AvgIpc) is 2.35. The zero-order valence-electron chi connectivity index (χ0n) is 8.95. The van der Waals surface area contributed by atoms with Gasteiger partial charge in [-0.15, -0.1) is 0 Å². The summed E-state index contributed by atoms with van der Waals surface area (Å²) in [7, 11) is 0. The van der Waals surface area contributed by atoms with Gasteiger partial charge in [0.05, 0.1) is 15.1 Å². The number of halogens is 3. The number of pyridine rings is 1. The highest BCUT2D eigenvalue weighted by Gasteiger charge is 2.13. The van der Waals surface area contributed by atoms with Gasteiger partial charge in [0.1, 0.15) is 5.82 Å². The first-order valence-electron chi connectivity index (χ1n) is 4.95. The number of aromatic nitrogens is 1. The van der Waals surface area contributed by atoms with Crippen LogP contribution in [0.15, 0.2) is 41.0 Å². The van der Waals surface area contributed by atoms with Crippen LogP contribution in [0.25, 0.3) is 0 Å². The predicted molar refractivity (Wildman–Crippen MR) is 76.4 cm³/mol. The number of nitrogens with zero attached hydrogens (tertiary/aromatic N) is 1. The summed E-state index contributed by atoms with van der Waals surface area (Å²) in [5, 5.41) is 3.44. The van der Waals surface area contributed by atoms with E-state index in [2.05, 4.69) is 26.2 Å². The van der Waals surface area contributed by atoms with Gasteiger partial charge in [-0.25, -0.2) is 4.98 Å². The Morgan fingerprint density at radius 1 is 1.28 bits per heavy atom. The minimum atomic E-state index is -0.359. The van der Waals surface area contributed by atoms with Gasteiger partial charge in [-0.2, -0.15) is 0 Å². The van der Waals surface area contributed by atoms with Crippen molar-refractivity contribution in [1.29, 1.82) is 0 Å². The van der Waals surface area contributed by atoms with Gasteiger partial charge < -0.3 is 5.32 Å². The lowest BCUT2D eigenvalue weighted by atomic mass is 10.2. The summed E-state index contributed by atoms with van der Waals surface area (Å²) in [6.07, 6.45) is 1.58. The normalized spacial score (nSPS) is 10.2. The van der Waals surface area contributed by atoms with E-state index in [9.17, 15) is 4.79 Å². The molecule has 0 saturated carbocycles. The zero-order valence-corrected chi connectivity index (χ0v) is 12.1. The van der Waals surface area contributed by atoms with Gasteiger partial charge in [-0.05, 0) is 46.3 Å². The minimum Gasteiger partial charge on any atom is -0.306 e. The number of anilines is 1. The Hall–Kier alpha value is -1.10. The lowest BCUT2D eigenvalue weighted by molar-refractivity contribution is 0.102. The SMILES string of the molecule is O=C(Nc1ncccc1Br)c1cc(Cl)ccc1Cl. The molecule has 1 heterocycles. The molecule has 0 aliphatic rings. The average molecular weight is 346 g/mol. The molecule has 0 atom stereocenters. The Balaban J connectivity index is 2.28. The van der Waals surface area contributed by atoms with E-state index < -0.39 is 0 Å². The van der Waals surface area contributed by atoms with Gasteiger partial charge in [0.25, 0.3) is 5.91 Å². The van der Waals surface area contributed by atoms with Crippen molar-refractivity contribution in [2.24, 2.45) is 0 Å². The van der Waals surface area contributed by atoms with E-state index in [0.29, 0.717) is 25.9 Å². The van der Waals surface area contributed by atoms with E-state index in [-0.39, 0.29) is 5.91 Å². The van der Waals surface area contributed by atoms with Crippen LogP contribution in [0.5, 0.6) is 0 Å². The summed E-state index contributed by atoms with van der Waals surface area (Å²) in [6, 6.07) is 8.24. The molecule has 1 aromatic carbocycles. The number of carbonyl (C=O) groups is 1. The summed E-state index contributed by atoms with van der Waals surface area (Å²) in [4.78, 5) is 16.1. The zero-order chi connectivity index (χ0) is 13.1. The number of carbonyl (C=O) groups excluding carboxylic acids is 1. The van der Waals surface area contributed by atoms with Gasteiger partial charge in [0, 0.05) is 11.2 Å². The van der Waals surface area contributed by atoms with Gasteiger partial charge in [0.2, 0.25) is 0 Å². The molecule has 0 bridgehead atoms. The van der Waals surface area contributed by atoms with Crippen molar-refractivity contribution in [3.8, 4) is 0 Å². The highest BCUT2D eigenvalue weighted by Crippen LogP contribution is 2.23. The number of rotatable bonds is 2. The summed E-state index contributed by atoms with van der Waals surface area (Å²) in [5.41, 5.74) is 0.307. The molecular weight excluding hydrogens is 339 g/mol. The number of amides is 1. The molecule has 2 aromatic rings. The Kier molecular flexibility index (Phi) is 4.22. The maximum Gasteiger partial charge on any atom is 0.258 e. The quantitative estimate of drug-likeness (QED) is 0.876. The fraction of sp³-hybridized carbons (Fsp3) is 0. The van der Waals surface area contributed by atoms with E-state index in [4.69, 9.17) is 23.2 Å². The molecule has 0 aliphatic heterocycles. The molecule has 0 saturated heterocycles. The molecule has 0 unspecified atom stereocenters. The van der Waals surface area contributed by atoms with Gasteiger partial charge in [-0.3, -0.25) is 4.79 Å². The summed E-state index contributed by atoms with van der Waals surface area (Å²) in [5.74, 6) is 0.0699. The van der Waals surface area contributed by atoms with E-state index in [0.717, 1.165) is 0 Å². The number of hydrogen-bond acceptors (Lipinski definition) is 2. The monoisotopic (exact) mass is 344 g/mol. The van der Waals surface area contributed by atoms with Crippen molar-refractivity contribution in [3.63, 3.8) is 0 Å². The molecule has 6 heteroatoms. The molecule has 2 rings (SSSR count). The predicted octanol–water partition coefficient (Wildman–Crippen LogP) is 4.40. The van der Waals surface area contributed by atoms with Gasteiger partial charge >= 0.3 is 0 Å². The third-order valence-electron chi connectivity index (χ3n) is 2.16. The topological polar surface area (TPSA) is 42.0 Å². The first-order chi connectivity index (χ1) is 8.58. The molecule has 0 aliphatic carbocycles. The number of benzene rings is 1. The van der Waals surface area contributed by atoms with Crippen LogP contribution in [0.4, 0.5) is 5.82 Å². The van der Waals surface area contributed by atoms with Crippen LogP contribution in [0.1, 0.15) is 10.4 Å². The Bertz CT molecular complexity index is 604. The molecule has 1 N–H and O–H groups in total. The minimum absolute atomic E-state index is 0.307. The molecule has 18 heavy (non-hydrogen) atoms. The Morgan fingerprint density at radius 2 is 2.06 bits per heavy atom. The number of nitrogens with one attached hydrogen (secondary N) is 1. The smallest absolute Gasteiger partial charge is 0.258 e. The van der Waals surface area contributed by atoms with Gasteiger partial charge in [-0.1, -0.05) is 23.2 Å². The third kappa shape index (κ3) is 3.02. The third-order valence-corrected chi connectivity index (χ3v) is 3.37. The molecule has 1 amide bonds. The van der Waals surface area contributed by atoms with Crippen LogP contribution in [0.3, 0.4) is 0 Å². The van der Waals surface area contributed by atoms with Crippen molar-refractivity contribution in [3.05, 3.63) is 56.6 Å². The highest BCUT2D eigenvalue weighted by atomic mass is 79.9. The van der Waals surface area contributed by atoms with Gasteiger partial charge in [0.15, 0.2) is 0 Å². The fourth-order valence-corrected chi connectivity index (χ4v) is 2.05. The summed E-state index contributed by atoms with van der Waals surface area (Å²) in [6.45, 7) is 0. The van der Waals surface area contributed by atoms with Crippen LogP contribution in [-0.4, -0.2) is 10.9 Å². The second kappa shape index (κ2) is 5.69. The molecule has 3 nitrogen and oxygen atoms in total. The van der Waals surface area contributed by atoms with Crippen LogP contribution in [0, 0.1) is 0 Å². The van der Waals surface area contributed by atoms with E-state index in [1.807, 2.05) is 0 Å². The second-order valence-electron chi connectivity index (χ2n) is 3.41. The van der Waals surface area contributed by atoms with Crippen LogP contribution in [-0.2, 0) is 0 Å². The largest absolute Gasteiger partial charge is 0.306 e. The van der Waals surface area contributed by atoms with Crippen molar-refractivity contribution in [1.82, 2.24) is 4.98 Å². The first-order valence-corrected chi connectivity index (χ1v) is 6.50. The molecular formula is C12H7BrCl2N2O. The maximum atomic E-state index is 12.0. The highest BCUT2D eigenvalue weighted by molar-refractivity contribution is 9.10. The van der Waals surface area contributed by atoms with Crippen molar-refractivity contribution >= 4 is 50.9 Å². The number of hydrogen-bond donors (Lipinski definition) is 1. The standard InChI is InChI=1S/C12H7BrCl2N2O/c13-9-2-1-5-16-11(9)17-12(18)8-6-7(14)3-4-10(8)15/h1-6H,(H,16,17,18). The Labute approximate surface area is 122 Å². The van der Waals surface area contributed by atoms with E-state index >= 15 is 0 Å². The van der Waals surface area contributed by atoms with Crippen LogP contribution < -0.4 is 5.32 Å². The van der Waals surface area contributed by atoms with E-state index in [1.165, 1.54) is 6.07 Å². The van der Waals surface area contributed by atoms with Crippen molar-refractivity contribution < 1.29 is 4.79 Å². The van der Waals surface area contributed by atoms with E-state index in [1.54, 1.807) is 30.5 Å². The second-order valence-corrected chi connectivity index (χ2v) is 5.11. The molecule has 0 spiro atoms. The Morgan fingerprint density at radius 3 is 2.78 bits per heavy atom. The lowest BCUT2D eigenvalue weighted by Crippen LogP contribution is -2.13. The maximum absolute atomic E-state index is 12.0. The molecule has 0 radical (unpaired) electrons. The molecule has 92 valence electrons. The molecule has 1 aromatic heterocycles. The lowest BCUT2D eigenvalue weighted by Gasteiger charge is -2.07. The summed E-state index contributed by atoms with van der Waals surface area (Å²) < 4.78 is 0.691. The summed E-state index contributed by atoms with van der Waals surface area (Å²) >= 11 is 15.1. The first kappa shape index (κ1) is 13.3. The molecule has 0 fully saturated rings. The fourth-order valence-electron chi connectivity index (χ4n) is 1.32. The van der Waals surface area contributed by atoms with Crippen LogP contribution >= 0.6 is 39.1 Å². The van der Waals surface area contributed by atoms with Crippen molar-refractivity contribution in [2.45, 2.75) is 0 Å².